The quantitative estimate of drug-likeness (QED) is 0.657. The Morgan fingerprint density at radius 2 is 2.42 bits per heavy atom. The Bertz CT molecular complexity index is 191. The highest BCUT2D eigenvalue weighted by Gasteiger charge is 2.39. The summed E-state index contributed by atoms with van der Waals surface area (Å²) in [6.45, 7) is 1.82. The Balaban J connectivity index is 1.99. The van der Waals surface area contributed by atoms with E-state index in [0.29, 0.717) is 19.1 Å². The van der Waals surface area contributed by atoms with Crippen LogP contribution in [0.3, 0.4) is 0 Å². The molecule has 0 aromatic heterocycles. The van der Waals surface area contributed by atoms with Crippen molar-refractivity contribution in [2.24, 2.45) is 11.7 Å². The van der Waals surface area contributed by atoms with Gasteiger partial charge in [0.2, 0.25) is 0 Å². The van der Waals surface area contributed by atoms with Crippen molar-refractivity contribution in [3.63, 3.8) is 0 Å². The normalized spacial score (nSPS) is 25.8. The highest BCUT2D eigenvalue weighted by Crippen LogP contribution is 2.35. The van der Waals surface area contributed by atoms with Crippen LogP contribution in [0.5, 0.6) is 0 Å². The smallest absolute Gasteiger partial charge is 0.410 e. The molecule has 4 nitrogen and oxygen atoms in total. The van der Waals surface area contributed by atoms with Gasteiger partial charge in [0.1, 0.15) is 6.61 Å². The van der Waals surface area contributed by atoms with Gasteiger partial charge in [-0.1, -0.05) is 0 Å². The third-order valence-corrected chi connectivity index (χ3v) is 2.60. The van der Waals surface area contributed by atoms with Gasteiger partial charge in [0.25, 0.3) is 0 Å². The maximum Gasteiger partial charge on any atom is 0.410 e. The Kier molecular flexibility index (Phi) is 1.92. The summed E-state index contributed by atoms with van der Waals surface area (Å²) in [5, 5.41) is 0. The molecule has 1 saturated carbocycles. The van der Waals surface area contributed by atoms with E-state index in [2.05, 4.69) is 0 Å². The molecule has 0 spiro atoms. The molecule has 0 aromatic rings. The lowest BCUT2D eigenvalue weighted by atomic mass is 10.1. The molecule has 68 valence electrons. The third-order valence-electron chi connectivity index (χ3n) is 2.60. The summed E-state index contributed by atoms with van der Waals surface area (Å²) in [5.74, 6) is 0.639. The van der Waals surface area contributed by atoms with Crippen LogP contribution in [0.4, 0.5) is 4.79 Å². The SMILES string of the molecule is NCC(C1CC1)N1CCOC1=O. The predicted octanol–water partition coefficient (Wildman–Crippen LogP) is 0.176. The lowest BCUT2D eigenvalue weighted by Gasteiger charge is -2.23. The van der Waals surface area contributed by atoms with E-state index in [0.717, 1.165) is 6.54 Å². The van der Waals surface area contributed by atoms with Crippen molar-refractivity contribution < 1.29 is 9.53 Å². The van der Waals surface area contributed by atoms with E-state index < -0.39 is 0 Å². The largest absolute Gasteiger partial charge is 0.448 e. The second-order valence-electron chi connectivity index (χ2n) is 3.45. The minimum Gasteiger partial charge on any atom is -0.448 e. The number of hydrogen-bond donors (Lipinski definition) is 1. The van der Waals surface area contributed by atoms with Crippen molar-refractivity contribution in [3.8, 4) is 0 Å². The lowest BCUT2D eigenvalue weighted by Crippen LogP contribution is -2.42. The van der Waals surface area contributed by atoms with Crippen molar-refractivity contribution in [2.45, 2.75) is 18.9 Å². The van der Waals surface area contributed by atoms with Gasteiger partial charge in [-0.25, -0.2) is 4.79 Å². The molecule has 2 fully saturated rings. The van der Waals surface area contributed by atoms with E-state index in [1.807, 2.05) is 0 Å². The van der Waals surface area contributed by atoms with Crippen LogP contribution in [0.15, 0.2) is 0 Å². The van der Waals surface area contributed by atoms with Crippen LogP contribution >= 0.6 is 0 Å². The Morgan fingerprint density at radius 3 is 2.83 bits per heavy atom. The Morgan fingerprint density at radius 1 is 1.67 bits per heavy atom. The van der Waals surface area contributed by atoms with Crippen LogP contribution < -0.4 is 5.73 Å². The van der Waals surface area contributed by atoms with Gasteiger partial charge in [0.05, 0.1) is 12.6 Å². The van der Waals surface area contributed by atoms with E-state index in [9.17, 15) is 4.79 Å². The maximum atomic E-state index is 11.2. The number of carbonyl (C=O) groups excluding carboxylic acids is 1. The van der Waals surface area contributed by atoms with Crippen molar-refractivity contribution in [2.75, 3.05) is 19.7 Å². The van der Waals surface area contributed by atoms with Crippen LogP contribution in [0.25, 0.3) is 0 Å². The van der Waals surface area contributed by atoms with Crippen LogP contribution in [0.2, 0.25) is 0 Å². The first kappa shape index (κ1) is 7.86. The molecule has 4 heteroatoms. The van der Waals surface area contributed by atoms with Crippen molar-refractivity contribution in [3.05, 3.63) is 0 Å². The first-order chi connectivity index (χ1) is 5.83. The molecule has 2 N–H and O–H groups in total. The highest BCUT2D eigenvalue weighted by molar-refractivity contribution is 5.69. The van der Waals surface area contributed by atoms with Gasteiger partial charge in [-0.3, -0.25) is 0 Å². The zero-order valence-electron chi connectivity index (χ0n) is 7.03. The van der Waals surface area contributed by atoms with Crippen molar-refractivity contribution in [1.29, 1.82) is 0 Å². The minimum absolute atomic E-state index is 0.183. The number of nitrogens with two attached hydrogens (primary N) is 1. The van der Waals surface area contributed by atoms with Gasteiger partial charge < -0.3 is 15.4 Å². The molecule has 2 rings (SSSR count). The summed E-state index contributed by atoms with van der Waals surface area (Å²) in [4.78, 5) is 12.9. The average molecular weight is 170 g/mol. The summed E-state index contributed by atoms with van der Waals surface area (Å²) >= 11 is 0. The first-order valence-electron chi connectivity index (χ1n) is 4.46. The van der Waals surface area contributed by atoms with Gasteiger partial charge in [0.15, 0.2) is 0 Å². The van der Waals surface area contributed by atoms with Crippen LogP contribution in [-0.4, -0.2) is 36.7 Å². The summed E-state index contributed by atoms with van der Waals surface area (Å²) in [6, 6.07) is 0.236. The molecule has 1 saturated heterocycles. The second-order valence-corrected chi connectivity index (χ2v) is 3.45. The number of cyclic esters (lactones) is 1. The van der Waals surface area contributed by atoms with E-state index in [1.54, 1.807) is 4.90 Å². The highest BCUT2D eigenvalue weighted by atomic mass is 16.6. The Labute approximate surface area is 71.7 Å². The molecule has 1 amide bonds. The van der Waals surface area contributed by atoms with Crippen LogP contribution in [0.1, 0.15) is 12.8 Å². The number of hydrogen-bond acceptors (Lipinski definition) is 3. The van der Waals surface area contributed by atoms with Gasteiger partial charge in [-0.05, 0) is 18.8 Å². The average Bonchev–Trinajstić information content (AvgIpc) is 2.80. The van der Waals surface area contributed by atoms with Crippen LogP contribution in [-0.2, 0) is 4.74 Å². The third kappa shape index (κ3) is 1.27. The lowest BCUT2D eigenvalue weighted by molar-refractivity contribution is 0.145. The fourth-order valence-corrected chi connectivity index (χ4v) is 1.76. The maximum absolute atomic E-state index is 11.2. The molecule has 12 heavy (non-hydrogen) atoms. The topological polar surface area (TPSA) is 55.6 Å². The number of amides is 1. The summed E-state index contributed by atoms with van der Waals surface area (Å²) < 4.78 is 4.86. The summed E-state index contributed by atoms with van der Waals surface area (Å²) in [6.07, 6.45) is 2.24. The minimum atomic E-state index is -0.183. The second kappa shape index (κ2) is 2.94. The van der Waals surface area contributed by atoms with Gasteiger partial charge >= 0.3 is 6.09 Å². The number of carbonyl (C=O) groups is 1. The molecule has 1 aliphatic carbocycles. The van der Waals surface area contributed by atoms with Gasteiger partial charge in [0, 0.05) is 6.54 Å². The molecule has 2 aliphatic rings. The molecule has 1 heterocycles. The molecular formula is C8H14N2O2. The first-order valence-corrected chi connectivity index (χ1v) is 4.46. The Hall–Kier alpha value is -0.770. The van der Waals surface area contributed by atoms with E-state index >= 15 is 0 Å². The fraction of sp³-hybridized carbons (Fsp3) is 0.875. The zero-order valence-corrected chi connectivity index (χ0v) is 7.03. The number of rotatable bonds is 3. The van der Waals surface area contributed by atoms with E-state index in [4.69, 9.17) is 10.5 Å². The zero-order chi connectivity index (χ0) is 8.55. The number of ether oxygens (including phenoxy) is 1. The molecule has 1 unspecified atom stereocenters. The monoisotopic (exact) mass is 170 g/mol. The van der Waals surface area contributed by atoms with E-state index in [-0.39, 0.29) is 12.1 Å². The molecular weight excluding hydrogens is 156 g/mol. The fourth-order valence-electron chi connectivity index (χ4n) is 1.76. The predicted molar refractivity (Wildman–Crippen MR) is 43.6 cm³/mol. The van der Waals surface area contributed by atoms with Gasteiger partial charge in [-0.15, -0.1) is 0 Å². The van der Waals surface area contributed by atoms with Gasteiger partial charge in [-0.2, -0.15) is 0 Å². The van der Waals surface area contributed by atoms with Crippen LogP contribution in [0, 0.1) is 5.92 Å². The molecule has 1 aliphatic heterocycles. The molecule has 1 atom stereocenters. The summed E-state index contributed by atoms with van der Waals surface area (Å²) in [7, 11) is 0. The standard InChI is InChI=1S/C8H14N2O2/c9-5-7(6-1-2-6)10-3-4-12-8(10)11/h6-7H,1-5,9H2. The van der Waals surface area contributed by atoms with Crippen molar-refractivity contribution in [1.82, 2.24) is 4.90 Å². The van der Waals surface area contributed by atoms with E-state index in [1.165, 1.54) is 12.8 Å². The molecule has 0 bridgehead atoms. The number of nitrogens with zero attached hydrogens (tertiary/aromatic N) is 1. The molecule has 0 aromatic carbocycles. The van der Waals surface area contributed by atoms with Crippen molar-refractivity contribution >= 4 is 6.09 Å². The molecule has 0 radical (unpaired) electrons. The summed E-state index contributed by atoms with van der Waals surface area (Å²) in [5.41, 5.74) is 5.61.